The summed E-state index contributed by atoms with van der Waals surface area (Å²) in [7, 11) is 0. The van der Waals surface area contributed by atoms with E-state index in [0.29, 0.717) is 0 Å². The van der Waals surface area contributed by atoms with Crippen LogP contribution in [-0.2, 0) is 4.79 Å². The number of aliphatic hydroxyl groups is 1. The number of aliphatic hydroxyl groups excluding tert-OH is 1. The molecule has 1 atom stereocenters. The second kappa shape index (κ2) is 3.14. The van der Waals surface area contributed by atoms with Gasteiger partial charge in [-0.15, -0.1) is 0 Å². The van der Waals surface area contributed by atoms with E-state index in [9.17, 15) is 4.79 Å². The molecule has 1 aromatic rings. The van der Waals surface area contributed by atoms with Crippen LogP contribution in [0.4, 0.5) is 0 Å². The highest BCUT2D eigenvalue weighted by atomic mass is 35.5. The SMILES string of the molecule is Cc1ccc(C2C(=O)C(O)=C2Cl)cc1. The number of hydrogen-bond acceptors (Lipinski definition) is 2. The molecule has 0 spiro atoms. The number of rotatable bonds is 1. The standard InChI is InChI=1S/C11H9ClO2/c1-6-2-4-7(5-3-6)8-9(12)11(14)10(8)13/h2-5,8,14H,1H3. The zero-order valence-corrected chi connectivity index (χ0v) is 8.38. The third-order valence-corrected chi connectivity index (χ3v) is 2.78. The molecule has 0 saturated heterocycles. The number of benzene rings is 1. The van der Waals surface area contributed by atoms with Gasteiger partial charge in [0.1, 0.15) is 0 Å². The average Bonchev–Trinajstić information content (AvgIpc) is 2.21. The topological polar surface area (TPSA) is 37.3 Å². The van der Waals surface area contributed by atoms with Crippen molar-refractivity contribution in [3.05, 3.63) is 46.2 Å². The molecule has 1 unspecified atom stereocenters. The van der Waals surface area contributed by atoms with Crippen LogP contribution in [0, 0.1) is 6.92 Å². The molecule has 1 aromatic carbocycles. The molecular formula is C11H9ClO2. The highest BCUT2D eigenvalue weighted by Gasteiger charge is 2.39. The third-order valence-electron chi connectivity index (χ3n) is 2.39. The van der Waals surface area contributed by atoms with E-state index < -0.39 is 5.92 Å². The summed E-state index contributed by atoms with van der Waals surface area (Å²) in [6.45, 7) is 1.97. The Hall–Kier alpha value is -1.28. The molecule has 0 bridgehead atoms. The maximum absolute atomic E-state index is 11.3. The van der Waals surface area contributed by atoms with Crippen LogP contribution >= 0.6 is 11.6 Å². The smallest absolute Gasteiger partial charge is 0.211 e. The zero-order valence-electron chi connectivity index (χ0n) is 7.62. The third kappa shape index (κ3) is 1.23. The normalized spacial score (nSPS) is 21.0. The van der Waals surface area contributed by atoms with E-state index in [-0.39, 0.29) is 16.6 Å². The molecule has 1 aliphatic carbocycles. The number of allylic oxidation sites excluding steroid dienone is 2. The van der Waals surface area contributed by atoms with Gasteiger partial charge in [-0.1, -0.05) is 41.4 Å². The highest BCUT2D eigenvalue weighted by Crippen LogP contribution is 2.40. The summed E-state index contributed by atoms with van der Waals surface area (Å²) in [6.07, 6.45) is 0. The molecule has 1 N–H and O–H groups in total. The van der Waals surface area contributed by atoms with Crippen LogP contribution < -0.4 is 0 Å². The minimum atomic E-state index is -0.447. The summed E-state index contributed by atoms with van der Waals surface area (Å²) in [6, 6.07) is 7.55. The second-order valence-electron chi connectivity index (χ2n) is 3.40. The Labute approximate surface area is 86.8 Å². The van der Waals surface area contributed by atoms with Crippen molar-refractivity contribution >= 4 is 17.4 Å². The van der Waals surface area contributed by atoms with Gasteiger partial charge < -0.3 is 5.11 Å². The van der Waals surface area contributed by atoms with Crippen molar-refractivity contribution in [2.24, 2.45) is 0 Å². The van der Waals surface area contributed by atoms with Crippen molar-refractivity contribution in [1.29, 1.82) is 0 Å². The number of hydrogen-bond donors (Lipinski definition) is 1. The first kappa shape index (κ1) is 9.28. The molecule has 3 heteroatoms. The van der Waals surface area contributed by atoms with Crippen molar-refractivity contribution in [3.63, 3.8) is 0 Å². The number of halogens is 1. The van der Waals surface area contributed by atoms with E-state index in [1.165, 1.54) is 0 Å². The lowest BCUT2D eigenvalue weighted by Crippen LogP contribution is -2.26. The maximum atomic E-state index is 11.3. The van der Waals surface area contributed by atoms with Crippen LogP contribution in [0.3, 0.4) is 0 Å². The van der Waals surface area contributed by atoms with Crippen molar-refractivity contribution < 1.29 is 9.90 Å². The monoisotopic (exact) mass is 208 g/mol. The Kier molecular flexibility index (Phi) is 2.08. The largest absolute Gasteiger partial charge is 0.504 e. The highest BCUT2D eigenvalue weighted by molar-refractivity contribution is 6.38. The van der Waals surface area contributed by atoms with Gasteiger partial charge in [-0.25, -0.2) is 0 Å². The van der Waals surface area contributed by atoms with Gasteiger partial charge >= 0.3 is 0 Å². The van der Waals surface area contributed by atoms with Gasteiger partial charge in [-0.05, 0) is 12.5 Å². The summed E-state index contributed by atoms with van der Waals surface area (Å²) < 4.78 is 0. The molecule has 14 heavy (non-hydrogen) atoms. The molecule has 1 aliphatic rings. The van der Waals surface area contributed by atoms with Gasteiger partial charge in [0.15, 0.2) is 5.76 Å². The molecular weight excluding hydrogens is 200 g/mol. The Balaban J connectivity index is 2.36. The Morgan fingerprint density at radius 3 is 2.36 bits per heavy atom. The molecule has 0 fully saturated rings. The molecule has 0 aromatic heterocycles. The van der Waals surface area contributed by atoms with Crippen molar-refractivity contribution in [1.82, 2.24) is 0 Å². The lowest BCUT2D eigenvalue weighted by molar-refractivity contribution is -0.120. The number of Topliss-reactive ketones (excluding diaryl/α,β-unsaturated/α-hetero) is 1. The van der Waals surface area contributed by atoms with Crippen LogP contribution in [0.1, 0.15) is 17.0 Å². The van der Waals surface area contributed by atoms with E-state index >= 15 is 0 Å². The van der Waals surface area contributed by atoms with E-state index in [1.54, 1.807) is 0 Å². The summed E-state index contributed by atoms with van der Waals surface area (Å²) >= 11 is 5.74. The summed E-state index contributed by atoms with van der Waals surface area (Å²) in [4.78, 5) is 11.3. The van der Waals surface area contributed by atoms with Crippen molar-refractivity contribution in [3.8, 4) is 0 Å². The Morgan fingerprint density at radius 1 is 1.29 bits per heavy atom. The minimum Gasteiger partial charge on any atom is -0.504 e. The Morgan fingerprint density at radius 2 is 1.86 bits per heavy atom. The molecule has 0 radical (unpaired) electrons. The molecule has 2 nitrogen and oxygen atoms in total. The molecule has 0 amide bonds. The minimum absolute atomic E-state index is 0.249. The maximum Gasteiger partial charge on any atom is 0.211 e. The van der Waals surface area contributed by atoms with Gasteiger partial charge in [-0.3, -0.25) is 4.79 Å². The van der Waals surface area contributed by atoms with E-state index in [1.807, 2.05) is 31.2 Å². The van der Waals surface area contributed by atoms with E-state index in [0.717, 1.165) is 11.1 Å². The van der Waals surface area contributed by atoms with Crippen LogP contribution in [0.15, 0.2) is 35.1 Å². The number of aryl methyl sites for hydroxylation is 1. The van der Waals surface area contributed by atoms with Crippen molar-refractivity contribution in [2.45, 2.75) is 12.8 Å². The van der Waals surface area contributed by atoms with E-state index in [4.69, 9.17) is 16.7 Å². The predicted molar refractivity (Wildman–Crippen MR) is 54.4 cm³/mol. The number of carbonyl (C=O) groups is 1. The fraction of sp³-hybridized carbons (Fsp3) is 0.182. The quantitative estimate of drug-likeness (QED) is 0.771. The summed E-state index contributed by atoms with van der Waals surface area (Å²) in [5.41, 5.74) is 1.97. The predicted octanol–water partition coefficient (Wildman–Crippen LogP) is 2.67. The average molecular weight is 209 g/mol. The molecule has 2 rings (SSSR count). The van der Waals surface area contributed by atoms with Crippen LogP contribution in [0.5, 0.6) is 0 Å². The lowest BCUT2D eigenvalue weighted by Gasteiger charge is -2.24. The van der Waals surface area contributed by atoms with Gasteiger partial charge in [0.2, 0.25) is 5.78 Å². The van der Waals surface area contributed by atoms with Gasteiger partial charge in [-0.2, -0.15) is 0 Å². The molecule has 0 heterocycles. The van der Waals surface area contributed by atoms with Gasteiger partial charge in [0.05, 0.1) is 11.0 Å². The summed E-state index contributed by atoms with van der Waals surface area (Å²) in [5, 5.41) is 9.32. The fourth-order valence-electron chi connectivity index (χ4n) is 1.49. The fourth-order valence-corrected chi connectivity index (χ4v) is 1.80. The van der Waals surface area contributed by atoms with Crippen LogP contribution in [0.2, 0.25) is 0 Å². The lowest BCUT2D eigenvalue weighted by atomic mass is 9.84. The number of ketones is 1. The van der Waals surface area contributed by atoms with Crippen LogP contribution in [0.25, 0.3) is 0 Å². The molecule has 72 valence electrons. The summed E-state index contributed by atoms with van der Waals surface area (Å²) in [5.74, 6) is -1.03. The Bertz CT molecular complexity index is 417. The first-order valence-electron chi connectivity index (χ1n) is 4.30. The first-order chi connectivity index (χ1) is 6.61. The second-order valence-corrected chi connectivity index (χ2v) is 3.81. The van der Waals surface area contributed by atoms with Gasteiger partial charge in [0.25, 0.3) is 0 Å². The zero-order chi connectivity index (χ0) is 10.3. The first-order valence-corrected chi connectivity index (χ1v) is 4.68. The molecule has 0 aliphatic heterocycles. The number of carbonyl (C=O) groups excluding carboxylic acids is 1. The van der Waals surface area contributed by atoms with Crippen LogP contribution in [-0.4, -0.2) is 10.9 Å². The molecule has 0 saturated carbocycles. The van der Waals surface area contributed by atoms with E-state index in [2.05, 4.69) is 0 Å². The van der Waals surface area contributed by atoms with Gasteiger partial charge in [0, 0.05) is 0 Å². The van der Waals surface area contributed by atoms with Crippen molar-refractivity contribution in [2.75, 3.05) is 0 Å².